The van der Waals surface area contributed by atoms with Crippen LogP contribution in [0.4, 0.5) is 0 Å². The minimum absolute atomic E-state index is 0. The summed E-state index contributed by atoms with van der Waals surface area (Å²) in [7, 11) is -5.22. The van der Waals surface area contributed by atoms with E-state index in [4.69, 9.17) is 0 Å². The second kappa shape index (κ2) is 24.2. The molecule has 0 aromatic rings. The maximum Gasteiger partial charge on any atom is 1.00 e. The third-order valence-electron chi connectivity index (χ3n) is 6.40. The first-order chi connectivity index (χ1) is 15.1. The largest absolute Gasteiger partial charge is 1.00 e. The van der Waals surface area contributed by atoms with Gasteiger partial charge in [0.2, 0.25) is 0 Å². The standard InChI is InChI=1S/C24H46O7S.2K/c1-3-5-7-9-11-13-15-17-19-21(22(25)26)24(23(27)28,32(29,30)31)20-18-16-14-12-10-8-6-4-2;;/h21H,3-20H2,1-2H3,(H,25,26)(H,27,28)(H,29,30,31);;/q;2*+1/p-2. The minimum Gasteiger partial charge on any atom is -0.550 e. The molecule has 0 aliphatic rings. The van der Waals surface area contributed by atoms with Crippen LogP contribution in [0, 0.1) is 5.92 Å². The molecule has 2 atom stereocenters. The molecule has 0 saturated heterocycles. The normalized spacial score (nSPS) is 13.9. The van der Waals surface area contributed by atoms with E-state index in [1.165, 1.54) is 6.42 Å². The molecule has 0 spiro atoms. The molecule has 0 bridgehead atoms. The Kier molecular flexibility index (Phi) is 28.9. The van der Waals surface area contributed by atoms with E-state index in [0.717, 1.165) is 70.6 Å². The number of aliphatic carboxylic acids is 2. The third kappa shape index (κ3) is 16.2. The van der Waals surface area contributed by atoms with E-state index in [1.807, 2.05) is 0 Å². The number of carbonyl (C=O) groups excluding carboxylic acids is 2. The Labute approximate surface area is 293 Å². The summed E-state index contributed by atoms with van der Waals surface area (Å²) in [5.41, 5.74) is 0. The van der Waals surface area contributed by atoms with Crippen LogP contribution < -0.4 is 113 Å². The molecule has 0 aromatic carbocycles. The fraction of sp³-hybridized carbons (Fsp3) is 0.917. The van der Waals surface area contributed by atoms with Crippen molar-refractivity contribution < 1.29 is 136 Å². The molecule has 0 aromatic heterocycles. The number of carbonyl (C=O) groups is 2. The summed E-state index contributed by atoms with van der Waals surface area (Å²) in [4.78, 5) is 23.7. The van der Waals surface area contributed by atoms with E-state index in [1.54, 1.807) is 0 Å². The third-order valence-corrected chi connectivity index (χ3v) is 7.98. The summed E-state index contributed by atoms with van der Waals surface area (Å²) in [5, 5.41) is 23.7. The quantitative estimate of drug-likeness (QED) is 0.0912. The van der Waals surface area contributed by atoms with Gasteiger partial charge in [-0.1, -0.05) is 117 Å². The molecule has 0 aliphatic carbocycles. The van der Waals surface area contributed by atoms with Crippen molar-refractivity contribution >= 4 is 22.1 Å². The topological polar surface area (TPSA) is 135 Å². The molecular formula is C24H44K2O7S. The van der Waals surface area contributed by atoms with Crippen molar-refractivity contribution in [1.82, 2.24) is 0 Å². The minimum atomic E-state index is -5.22. The number of carboxylic acid groups (broad SMARTS) is 2. The second-order valence-corrected chi connectivity index (χ2v) is 10.7. The van der Waals surface area contributed by atoms with Gasteiger partial charge in [0.25, 0.3) is 10.1 Å². The average molecular weight is 555 g/mol. The zero-order valence-electron chi connectivity index (χ0n) is 22.1. The maximum atomic E-state index is 12.2. The van der Waals surface area contributed by atoms with Crippen LogP contribution in [0.25, 0.3) is 0 Å². The van der Waals surface area contributed by atoms with Gasteiger partial charge < -0.3 is 19.8 Å². The molecule has 10 heteroatoms. The van der Waals surface area contributed by atoms with Crippen LogP contribution in [-0.4, -0.2) is 29.7 Å². The van der Waals surface area contributed by atoms with E-state index >= 15 is 0 Å². The van der Waals surface area contributed by atoms with E-state index in [0.29, 0.717) is 19.3 Å². The van der Waals surface area contributed by atoms with Gasteiger partial charge in [-0.15, -0.1) is 0 Å². The first-order valence-electron chi connectivity index (χ1n) is 12.5. The van der Waals surface area contributed by atoms with Crippen LogP contribution in [0.1, 0.15) is 129 Å². The van der Waals surface area contributed by atoms with E-state index in [2.05, 4.69) is 13.8 Å². The molecule has 0 aliphatic heterocycles. The second-order valence-electron chi connectivity index (χ2n) is 9.01. The van der Waals surface area contributed by atoms with Crippen LogP contribution >= 0.6 is 0 Å². The molecule has 190 valence electrons. The van der Waals surface area contributed by atoms with Crippen molar-refractivity contribution in [3.63, 3.8) is 0 Å². The Morgan fingerprint density at radius 2 is 1.06 bits per heavy atom. The van der Waals surface area contributed by atoms with Gasteiger partial charge in [-0.3, -0.25) is 4.55 Å². The van der Waals surface area contributed by atoms with Gasteiger partial charge in [0.15, 0.2) is 0 Å². The average Bonchev–Trinajstić information content (AvgIpc) is 2.71. The number of rotatable bonds is 22. The molecule has 0 fully saturated rings. The maximum absolute atomic E-state index is 12.2. The van der Waals surface area contributed by atoms with Crippen molar-refractivity contribution in [2.75, 3.05) is 0 Å². The van der Waals surface area contributed by atoms with Crippen molar-refractivity contribution in [2.45, 2.75) is 134 Å². The number of unbranched alkanes of at least 4 members (excludes halogenated alkanes) is 14. The van der Waals surface area contributed by atoms with Crippen molar-refractivity contribution in [3.05, 3.63) is 0 Å². The summed E-state index contributed by atoms with van der Waals surface area (Å²) >= 11 is 0. The summed E-state index contributed by atoms with van der Waals surface area (Å²) in [6.45, 7) is 4.25. The molecule has 1 N–H and O–H groups in total. The molecule has 0 radical (unpaired) electrons. The SMILES string of the molecule is CCCCCCCCCCC(C(=O)[O-])C(CCCCCCCCCC)(C(=O)[O-])S(=O)(=O)O.[K+].[K+]. The Hall–Kier alpha value is 2.12. The first kappa shape index (κ1) is 40.6. The molecular weight excluding hydrogens is 511 g/mol. The first-order valence-corrected chi connectivity index (χ1v) is 14.0. The van der Waals surface area contributed by atoms with Gasteiger partial charge in [0.1, 0.15) is 4.75 Å². The fourth-order valence-corrected chi connectivity index (χ4v) is 5.56. The number of hydrogen-bond donors (Lipinski definition) is 1. The van der Waals surface area contributed by atoms with Gasteiger partial charge in [0, 0.05) is 11.9 Å². The molecule has 0 saturated carbocycles. The summed E-state index contributed by atoms with van der Waals surface area (Å²) in [6, 6.07) is 0. The van der Waals surface area contributed by atoms with Crippen LogP contribution in [-0.2, 0) is 19.7 Å². The monoisotopic (exact) mass is 554 g/mol. The zero-order valence-corrected chi connectivity index (χ0v) is 29.2. The number of carboxylic acids is 2. The Bertz CT molecular complexity index is 629. The summed E-state index contributed by atoms with van der Waals surface area (Å²) < 4.78 is 31.3. The molecule has 2 unspecified atom stereocenters. The van der Waals surface area contributed by atoms with Gasteiger partial charge in [-0.2, -0.15) is 8.42 Å². The number of hydrogen-bond acceptors (Lipinski definition) is 6. The Morgan fingerprint density at radius 3 is 1.38 bits per heavy atom. The molecule has 0 amide bonds. The molecule has 0 rings (SSSR count). The van der Waals surface area contributed by atoms with Crippen LogP contribution in [0.3, 0.4) is 0 Å². The van der Waals surface area contributed by atoms with Gasteiger partial charge in [0.05, 0.1) is 5.97 Å². The zero-order chi connectivity index (χ0) is 24.5. The summed E-state index contributed by atoms with van der Waals surface area (Å²) in [6.07, 6.45) is 13.7. The molecule has 7 nitrogen and oxygen atoms in total. The van der Waals surface area contributed by atoms with Gasteiger partial charge in [-0.25, -0.2) is 0 Å². The van der Waals surface area contributed by atoms with Crippen molar-refractivity contribution in [1.29, 1.82) is 0 Å². The van der Waals surface area contributed by atoms with Crippen LogP contribution in [0.15, 0.2) is 0 Å². The van der Waals surface area contributed by atoms with Crippen LogP contribution in [0.2, 0.25) is 0 Å². The predicted octanol–water partition coefficient (Wildman–Crippen LogP) is -2.20. The van der Waals surface area contributed by atoms with Gasteiger partial charge >= 0.3 is 103 Å². The Morgan fingerprint density at radius 1 is 0.706 bits per heavy atom. The van der Waals surface area contributed by atoms with E-state index < -0.39 is 39.1 Å². The smallest absolute Gasteiger partial charge is 0.550 e. The van der Waals surface area contributed by atoms with Crippen molar-refractivity contribution in [3.8, 4) is 0 Å². The molecule has 0 heterocycles. The van der Waals surface area contributed by atoms with Crippen molar-refractivity contribution in [2.24, 2.45) is 5.92 Å². The summed E-state index contributed by atoms with van der Waals surface area (Å²) in [5.74, 6) is -5.67. The Balaban J connectivity index is -0.00000480. The fourth-order valence-electron chi connectivity index (χ4n) is 4.38. The van der Waals surface area contributed by atoms with E-state index in [9.17, 15) is 32.8 Å². The van der Waals surface area contributed by atoms with E-state index in [-0.39, 0.29) is 116 Å². The van der Waals surface area contributed by atoms with Crippen LogP contribution in [0.5, 0.6) is 0 Å². The van der Waals surface area contributed by atoms with Gasteiger partial charge in [-0.05, 0) is 12.8 Å². The predicted molar refractivity (Wildman–Crippen MR) is 122 cm³/mol. The molecule has 34 heavy (non-hydrogen) atoms.